The van der Waals surface area contributed by atoms with Gasteiger partial charge in [0.1, 0.15) is 5.82 Å². The first-order chi connectivity index (χ1) is 9.15. The molecule has 1 nitrogen and oxygen atoms in total. The van der Waals surface area contributed by atoms with Gasteiger partial charge in [-0.2, -0.15) is 0 Å². The van der Waals surface area contributed by atoms with Crippen LogP contribution < -0.4 is 0 Å². The van der Waals surface area contributed by atoms with E-state index in [4.69, 9.17) is 23.2 Å². The van der Waals surface area contributed by atoms with Gasteiger partial charge in [-0.1, -0.05) is 35.3 Å². The summed E-state index contributed by atoms with van der Waals surface area (Å²) < 4.78 is 15.2. The maximum absolute atomic E-state index is 13.3. The Morgan fingerprint density at radius 3 is 2.68 bits per heavy atom. The second-order valence-electron chi connectivity index (χ2n) is 4.36. The number of para-hydroxylation sites is 1. The lowest BCUT2D eigenvalue weighted by molar-refractivity contribution is 0.624. The predicted octanol–water partition coefficient (Wildman–Crippen LogP) is 5.14. The number of nitrogens with zero attached hydrogens (tertiary/aromatic N) is 1. The molecule has 0 N–H and O–H groups in total. The number of benzene rings is 2. The zero-order valence-electron chi connectivity index (χ0n) is 9.91. The standard InChI is InChI=1S/C15H10Cl2FN/c16-13-5-4-12(18)8-11(13)9-19-7-6-10-2-1-3-14(17)15(10)19/h1-8H,9H2. The molecule has 0 fully saturated rings. The normalized spacial score (nSPS) is 11.1. The van der Waals surface area contributed by atoms with Gasteiger partial charge in [-0.15, -0.1) is 0 Å². The highest BCUT2D eigenvalue weighted by Crippen LogP contribution is 2.26. The number of fused-ring (bicyclic) bond motifs is 1. The zero-order valence-corrected chi connectivity index (χ0v) is 11.4. The molecular weight excluding hydrogens is 284 g/mol. The molecule has 96 valence electrons. The van der Waals surface area contributed by atoms with Gasteiger partial charge in [-0.05, 0) is 35.9 Å². The molecule has 3 aromatic rings. The number of aromatic nitrogens is 1. The maximum atomic E-state index is 13.3. The van der Waals surface area contributed by atoms with Gasteiger partial charge in [0.2, 0.25) is 0 Å². The number of rotatable bonds is 2. The van der Waals surface area contributed by atoms with Crippen molar-refractivity contribution in [3.05, 3.63) is 70.1 Å². The monoisotopic (exact) mass is 293 g/mol. The molecule has 0 aliphatic heterocycles. The number of hydrogen-bond donors (Lipinski definition) is 0. The lowest BCUT2D eigenvalue weighted by Gasteiger charge is -2.09. The van der Waals surface area contributed by atoms with Crippen molar-refractivity contribution in [2.24, 2.45) is 0 Å². The molecule has 1 heterocycles. The van der Waals surface area contributed by atoms with E-state index in [1.165, 1.54) is 12.1 Å². The van der Waals surface area contributed by atoms with Crippen molar-refractivity contribution < 1.29 is 4.39 Å². The zero-order chi connectivity index (χ0) is 13.4. The van der Waals surface area contributed by atoms with Crippen molar-refractivity contribution in [1.82, 2.24) is 4.57 Å². The molecule has 0 saturated heterocycles. The Balaban J connectivity index is 2.08. The Labute approximate surface area is 120 Å². The van der Waals surface area contributed by atoms with E-state index in [9.17, 15) is 4.39 Å². The summed E-state index contributed by atoms with van der Waals surface area (Å²) in [5, 5.41) is 2.28. The third kappa shape index (κ3) is 2.34. The SMILES string of the molecule is Fc1ccc(Cl)c(Cn2ccc3cccc(Cl)c32)c1. The minimum absolute atomic E-state index is 0.290. The quantitative estimate of drug-likeness (QED) is 0.617. The van der Waals surface area contributed by atoms with E-state index in [0.717, 1.165) is 16.5 Å². The second kappa shape index (κ2) is 4.87. The minimum atomic E-state index is -0.290. The third-order valence-electron chi connectivity index (χ3n) is 3.09. The molecule has 0 aliphatic rings. The fraction of sp³-hybridized carbons (Fsp3) is 0.0667. The van der Waals surface area contributed by atoms with Crippen LogP contribution in [0.25, 0.3) is 10.9 Å². The van der Waals surface area contributed by atoms with Crippen molar-refractivity contribution in [2.45, 2.75) is 6.54 Å². The van der Waals surface area contributed by atoms with Crippen LogP contribution in [0.5, 0.6) is 0 Å². The molecule has 0 atom stereocenters. The summed E-state index contributed by atoms with van der Waals surface area (Å²) in [5.41, 5.74) is 1.67. The smallest absolute Gasteiger partial charge is 0.123 e. The van der Waals surface area contributed by atoms with Crippen LogP contribution >= 0.6 is 23.2 Å². The van der Waals surface area contributed by atoms with Crippen molar-refractivity contribution in [1.29, 1.82) is 0 Å². The Morgan fingerprint density at radius 2 is 1.84 bits per heavy atom. The van der Waals surface area contributed by atoms with Gasteiger partial charge in [-0.25, -0.2) is 4.39 Å². The van der Waals surface area contributed by atoms with E-state index >= 15 is 0 Å². The highest BCUT2D eigenvalue weighted by molar-refractivity contribution is 6.35. The van der Waals surface area contributed by atoms with Gasteiger partial charge in [0.15, 0.2) is 0 Å². The molecule has 0 bridgehead atoms. The Kier molecular flexibility index (Phi) is 3.21. The molecule has 1 aromatic heterocycles. The minimum Gasteiger partial charge on any atom is -0.342 e. The molecular formula is C15H10Cl2FN. The predicted molar refractivity (Wildman–Crippen MR) is 77.5 cm³/mol. The summed E-state index contributed by atoms with van der Waals surface area (Å²) >= 11 is 12.3. The highest BCUT2D eigenvalue weighted by atomic mass is 35.5. The molecule has 0 unspecified atom stereocenters. The first-order valence-corrected chi connectivity index (χ1v) is 6.58. The summed E-state index contributed by atoms with van der Waals surface area (Å²) in [6.07, 6.45) is 1.93. The van der Waals surface area contributed by atoms with Crippen LogP contribution in [0.2, 0.25) is 10.0 Å². The van der Waals surface area contributed by atoms with Crippen LogP contribution in [0.4, 0.5) is 4.39 Å². The van der Waals surface area contributed by atoms with Crippen molar-refractivity contribution in [3.63, 3.8) is 0 Å². The summed E-state index contributed by atoms with van der Waals surface area (Å²) in [5.74, 6) is -0.290. The fourth-order valence-corrected chi connectivity index (χ4v) is 2.66. The van der Waals surface area contributed by atoms with Crippen LogP contribution in [-0.2, 0) is 6.54 Å². The van der Waals surface area contributed by atoms with E-state index in [1.807, 2.05) is 35.0 Å². The first kappa shape index (κ1) is 12.5. The average Bonchev–Trinajstić information content (AvgIpc) is 2.79. The molecule has 0 amide bonds. The van der Waals surface area contributed by atoms with Gasteiger partial charge < -0.3 is 4.57 Å². The van der Waals surface area contributed by atoms with E-state index in [0.29, 0.717) is 16.6 Å². The topological polar surface area (TPSA) is 4.93 Å². The molecule has 0 spiro atoms. The van der Waals surface area contributed by atoms with Crippen LogP contribution in [0.1, 0.15) is 5.56 Å². The third-order valence-corrected chi connectivity index (χ3v) is 3.76. The molecule has 0 aliphatic carbocycles. The van der Waals surface area contributed by atoms with Gasteiger partial charge >= 0.3 is 0 Å². The summed E-state index contributed by atoms with van der Waals surface area (Å²) in [7, 11) is 0. The fourth-order valence-electron chi connectivity index (χ4n) is 2.19. The van der Waals surface area contributed by atoms with E-state index in [1.54, 1.807) is 6.07 Å². The van der Waals surface area contributed by atoms with Crippen molar-refractivity contribution in [2.75, 3.05) is 0 Å². The van der Waals surface area contributed by atoms with Crippen molar-refractivity contribution >= 4 is 34.1 Å². The molecule has 2 aromatic carbocycles. The van der Waals surface area contributed by atoms with Gasteiger partial charge in [0, 0.05) is 23.2 Å². The van der Waals surface area contributed by atoms with E-state index < -0.39 is 0 Å². The van der Waals surface area contributed by atoms with Crippen molar-refractivity contribution in [3.8, 4) is 0 Å². The van der Waals surface area contributed by atoms with Crippen LogP contribution in [0, 0.1) is 5.82 Å². The Hall–Kier alpha value is -1.51. The lowest BCUT2D eigenvalue weighted by atomic mass is 10.2. The maximum Gasteiger partial charge on any atom is 0.123 e. The van der Waals surface area contributed by atoms with E-state index in [-0.39, 0.29) is 5.82 Å². The highest BCUT2D eigenvalue weighted by Gasteiger charge is 2.08. The summed E-state index contributed by atoms with van der Waals surface area (Å²) in [4.78, 5) is 0. The summed E-state index contributed by atoms with van der Waals surface area (Å²) in [6.45, 7) is 0.490. The Bertz CT molecular complexity index is 749. The van der Waals surface area contributed by atoms with Gasteiger partial charge in [-0.3, -0.25) is 0 Å². The molecule has 0 saturated carbocycles. The molecule has 4 heteroatoms. The first-order valence-electron chi connectivity index (χ1n) is 5.82. The number of halogens is 3. The van der Waals surface area contributed by atoms with Crippen LogP contribution in [0.15, 0.2) is 48.7 Å². The average molecular weight is 294 g/mol. The van der Waals surface area contributed by atoms with Crippen LogP contribution in [-0.4, -0.2) is 4.57 Å². The second-order valence-corrected chi connectivity index (χ2v) is 5.17. The molecule has 3 rings (SSSR count). The van der Waals surface area contributed by atoms with E-state index in [2.05, 4.69) is 0 Å². The van der Waals surface area contributed by atoms with Gasteiger partial charge in [0.25, 0.3) is 0 Å². The van der Waals surface area contributed by atoms with Crippen LogP contribution in [0.3, 0.4) is 0 Å². The largest absolute Gasteiger partial charge is 0.342 e. The van der Waals surface area contributed by atoms with Gasteiger partial charge in [0.05, 0.1) is 10.5 Å². The number of hydrogen-bond acceptors (Lipinski definition) is 0. The summed E-state index contributed by atoms with van der Waals surface area (Å²) in [6, 6.07) is 12.1. The lowest BCUT2D eigenvalue weighted by Crippen LogP contribution is -1.99. The molecule has 19 heavy (non-hydrogen) atoms. The Morgan fingerprint density at radius 1 is 1.00 bits per heavy atom. The molecule has 0 radical (unpaired) electrons.